The Balaban J connectivity index is 1.92. The highest BCUT2D eigenvalue weighted by Gasteiger charge is 2.36. The SMILES string of the molecule is COc1cc2c(c(OC)c1)C(c1cc(Cl)cc(Cl)c1)N(C(=O)c1ccc(F)cc1F)CC2. The molecule has 32 heavy (non-hydrogen) atoms. The number of amides is 1. The van der Waals surface area contributed by atoms with E-state index >= 15 is 0 Å². The molecule has 0 saturated heterocycles. The van der Waals surface area contributed by atoms with Crippen molar-refractivity contribution in [3.8, 4) is 11.5 Å². The number of methoxy groups -OCH3 is 2. The van der Waals surface area contributed by atoms with Gasteiger partial charge in [-0.05, 0) is 53.9 Å². The third-order valence-corrected chi connectivity index (χ3v) is 5.92. The fourth-order valence-electron chi connectivity index (χ4n) is 4.10. The minimum absolute atomic E-state index is 0.222. The standard InChI is InChI=1S/C24H19Cl2F2NO3/c1-31-18-9-13-5-6-29(24(30)19-4-3-17(27)11-20(19)28)23(22(13)21(12-18)32-2)14-7-15(25)10-16(26)8-14/h3-4,7-12,23H,5-6H2,1-2H3. The molecule has 1 aliphatic heterocycles. The molecule has 8 heteroatoms. The van der Waals surface area contributed by atoms with E-state index in [9.17, 15) is 13.6 Å². The molecule has 1 aliphatic rings. The normalized spacial score (nSPS) is 15.3. The van der Waals surface area contributed by atoms with Gasteiger partial charge in [0.15, 0.2) is 0 Å². The van der Waals surface area contributed by atoms with Crippen LogP contribution in [0.15, 0.2) is 48.5 Å². The molecule has 1 atom stereocenters. The smallest absolute Gasteiger partial charge is 0.257 e. The van der Waals surface area contributed by atoms with Crippen molar-refractivity contribution in [1.29, 1.82) is 0 Å². The second-order valence-electron chi connectivity index (χ2n) is 7.38. The molecule has 166 valence electrons. The van der Waals surface area contributed by atoms with Crippen molar-refractivity contribution in [3.63, 3.8) is 0 Å². The number of nitrogens with zero attached hydrogens (tertiary/aromatic N) is 1. The fraction of sp³-hybridized carbons (Fsp3) is 0.208. The zero-order valence-corrected chi connectivity index (χ0v) is 18.8. The monoisotopic (exact) mass is 477 g/mol. The molecule has 4 nitrogen and oxygen atoms in total. The molecule has 4 rings (SSSR count). The zero-order valence-electron chi connectivity index (χ0n) is 17.3. The van der Waals surface area contributed by atoms with E-state index in [4.69, 9.17) is 32.7 Å². The van der Waals surface area contributed by atoms with E-state index in [1.54, 1.807) is 31.4 Å². The van der Waals surface area contributed by atoms with E-state index in [1.165, 1.54) is 12.0 Å². The summed E-state index contributed by atoms with van der Waals surface area (Å²) in [5, 5.41) is 0.792. The van der Waals surface area contributed by atoms with E-state index < -0.39 is 23.6 Å². The summed E-state index contributed by atoms with van der Waals surface area (Å²) in [5.41, 5.74) is 2.07. The van der Waals surface area contributed by atoms with Gasteiger partial charge in [0.1, 0.15) is 23.1 Å². The summed E-state index contributed by atoms with van der Waals surface area (Å²) in [5.74, 6) is -1.13. The van der Waals surface area contributed by atoms with Crippen LogP contribution >= 0.6 is 23.2 Å². The maximum atomic E-state index is 14.5. The van der Waals surface area contributed by atoms with Gasteiger partial charge in [0, 0.05) is 34.3 Å². The first-order chi connectivity index (χ1) is 15.3. The molecule has 0 bridgehead atoms. The molecule has 0 spiro atoms. The van der Waals surface area contributed by atoms with Crippen molar-refractivity contribution in [2.24, 2.45) is 0 Å². The highest BCUT2D eigenvalue weighted by molar-refractivity contribution is 6.34. The van der Waals surface area contributed by atoms with Crippen LogP contribution in [0.5, 0.6) is 11.5 Å². The Labute approximate surface area is 194 Å². The van der Waals surface area contributed by atoms with Crippen LogP contribution in [0, 0.1) is 11.6 Å². The van der Waals surface area contributed by atoms with Crippen LogP contribution in [0.25, 0.3) is 0 Å². The average Bonchev–Trinajstić information content (AvgIpc) is 2.76. The lowest BCUT2D eigenvalue weighted by molar-refractivity contribution is 0.0687. The number of carbonyl (C=O) groups is 1. The molecule has 1 unspecified atom stereocenters. The Hall–Kier alpha value is -2.83. The van der Waals surface area contributed by atoms with Gasteiger partial charge in [-0.3, -0.25) is 4.79 Å². The maximum absolute atomic E-state index is 14.5. The Morgan fingerprint density at radius 3 is 2.34 bits per heavy atom. The first-order valence-corrected chi connectivity index (χ1v) is 10.5. The predicted molar refractivity (Wildman–Crippen MR) is 119 cm³/mol. The number of rotatable bonds is 4. The average molecular weight is 478 g/mol. The maximum Gasteiger partial charge on any atom is 0.257 e. The summed E-state index contributed by atoms with van der Waals surface area (Å²) >= 11 is 12.5. The Morgan fingerprint density at radius 1 is 1.00 bits per heavy atom. The molecule has 3 aromatic rings. The van der Waals surface area contributed by atoms with Crippen molar-refractivity contribution in [2.45, 2.75) is 12.5 Å². The fourth-order valence-corrected chi connectivity index (χ4v) is 4.65. The summed E-state index contributed by atoms with van der Waals surface area (Å²) in [6, 6.07) is 10.9. The van der Waals surface area contributed by atoms with Gasteiger partial charge < -0.3 is 14.4 Å². The van der Waals surface area contributed by atoms with Gasteiger partial charge in [-0.1, -0.05) is 23.2 Å². The molecule has 1 heterocycles. The van der Waals surface area contributed by atoms with Crippen LogP contribution in [0.1, 0.15) is 33.1 Å². The lowest BCUT2D eigenvalue weighted by atomic mass is 9.86. The summed E-state index contributed by atoms with van der Waals surface area (Å²) in [7, 11) is 3.09. The third kappa shape index (κ3) is 4.12. The van der Waals surface area contributed by atoms with Crippen LogP contribution < -0.4 is 9.47 Å². The second-order valence-corrected chi connectivity index (χ2v) is 8.25. The number of hydrogen-bond donors (Lipinski definition) is 0. The van der Waals surface area contributed by atoms with Gasteiger partial charge in [-0.2, -0.15) is 0 Å². The predicted octanol–water partition coefficient (Wildman–Crippen LogP) is 6.08. The molecule has 0 aliphatic carbocycles. The number of carbonyl (C=O) groups excluding carboxylic acids is 1. The van der Waals surface area contributed by atoms with E-state index in [-0.39, 0.29) is 12.1 Å². The van der Waals surface area contributed by atoms with Gasteiger partial charge in [0.05, 0.1) is 25.8 Å². The Bertz CT molecular complexity index is 1160. The lowest BCUT2D eigenvalue weighted by Gasteiger charge is -2.39. The van der Waals surface area contributed by atoms with E-state index in [0.717, 1.165) is 23.3 Å². The highest BCUT2D eigenvalue weighted by Crippen LogP contribution is 2.44. The molecule has 0 aromatic heterocycles. The largest absolute Gasteiger partial charge is 0.497 e. The van der Waals surface area contributed by atoms with Gasteiger partial charge >= 0.3 is 0 Å². The first-order valence-electron chi connectivity index (χ1n) is 9.79. The molecule has 3 aromatic carbocycles. The van der Waals surface area contributed by atoms with Crippen molar-refractivity contribution in [3.05, 3.63) is 92.5 Å². The first kappa shape index (κ1) is 22.4. The minimum Gasteiger partial charge on any atom is -0.497 e. The molecular formula is C24H19Cl2F2NO3. The van der Waals surface area contributed by atoms with Gasteiger partial charge in [0.2, 0.25) is 0 Å². The van der Waals surface area contributed by atoms with Crippen LogP contribution in [-0.2, 0) is 6.42 Å². The minimum atomic E-state index is -0.926. The van der Waals surface area contributed by atoms with E-state index in [2.05, 4.69) is 0 Å². The summed E-state index contributed by atoms with van der Waals surface area (Å²) in [4.78, 5) is 15.0. The van der Waals surface area contributed by atoms with E-state index in [1.807, 2.05) is 6.07 Å². The quantitative estimate of drug-likeness (QED) is 0.457. The highest BCUT2D eigenvalue weighted by atomic mass is 35.5. The van der Waals surface area contributed by atoms with E-state index in [0.29, 0.717) is 39.6 Å². The number of fused-ring (bicyclic) bond motifs is 1. The van der Waals surface area contributed by atoms with Crippen molar-refractivity contribution < 1.29 is 23.0 Å². The summed E-state index contributed by atoms with van der Waals surface area (Å²) < 4.78 is 38.9. The van der Waals surface area contributed by atoms with Crippen LogP contribution in [0.4, 0.5) is 8.78 Å². The lowest BCUT2D eigenvalue weighted by Crippen LogP contribution is -2.41. The molecule has 1 amide bonds. The number of benzene rings is 3. The second kappa shape index (κ2) is 8.96. The zero-order chi connectivity index (χ0) is 23.0. The van der Waals surface area contributed by atoms with Crippen LogP contribution in [0.3, 0.4) is 0 Å². The van der Waals surface area contributed by atoms with Crippen molar-refractivity contribution >= 4 is 29.1 Å². The van der Waals surface area contributed by atoms with Crippen LogP contribution in [-0.4, -0.2) is 31.6 Å². The van der Waals surface area contributed by atoms with Crippen LogP contribution in [0.2, 0.25) is 10.0 Å². The summed E-state index contributed by atoms with van der Waals surface area (Å²) in [6.45, 7) is 0.285. The number of ether oxygens (including phenoxy) is 2. The number of hydrogen-bond acceptors (Lipinski definition) is 3. The Kier molecular flexibility index (Phi) is 6.26. The Morgan fingerprint density at radius 2 is 1.72 bits per heavy atom. The summed E-state index contributed by atoms with van der Waals surface area (Å²) in [6.07, 6.45) is 0.488. The van der Waals surface area contributed by atoms with Gasteiger partial charge in [-0.15, -0.1) is 0 Å². The molecule has 0 saturated carbocycles. The molecule has 0 N–H and O–H groups in total. The van der Waals surface area contributed by atoms with Crippen molar-refractivity contribution in [2.75, 3.05) is 20.8 Å². The molecule has 0 radical (unpaired) electrons. The van der Waals surface area contributed by atoms with Gasteiger partial charge in [-0.25, -0.2) is 8.78 Å². The topological polar surface area (TPSA) is 38.8 Å². The molecular weight excluding hydrogens is 459 g/mol. The number of halogens is 4. The van der Waals surface area contributed by atoms with Crippen molar-refractivity contribution in [1.82, 2.24) is 4.90 Å². The van der Waals surface area contributed by atoms with Gasteiger partial charge in [0.25, 0.3) is 5.91 Å². The third-order valence-electron chi connectivity index (χ3n) is 5.49. The molecule has 0 fully saturated rings.